The molecule has 1 fully saturated rings. The number of ether oxygens (including phenoxy) is 2. The Bertz CT molecular complexity index is 431. The van der Waals surface area contributed by atoms with Crippen LogP contribution in [0.3, 0.4) is 0 Å². The van der Waals surface area contributed by atoms with E-state index in [9.17, 15) is 0 Å². The highest BCUT2D eigenvalue weighted by atomic mass is 16.5. The van der Waals surface area contributed by atoms with Crippen LogP contribution in [0.4, 0.5) is 0 Å². The van der Waals surface area contributed by atoms with Gasteiger partial charge in [-0.2, -0.15) is 0 Å². The second kappa shape index (κ2) is 11.4. The number of hydrogen-bond donors (Lipinski definition) is 3. The zero-order chi connectivity index (χ0) is 17.0. The summed E-state index contributed by atoms with van der Waals surface area (Å²) in [7, 11) is 0. The number of unbranched alkanes of at least 4 members (excludes halogenated alkanes) is 1. The molecule has 1 aliphatic heterocycles. The van der Waals surface area contributed by atoms with Gasteiger partial charge in [0.05, 0.1) is 26.4 Å². The van der Waals surface area contributed by atoms with Gasteiger partial charge in [-0.05, 0) is 30.7 Å². The van der Waals surface area contributed by atoms with Crippen LogP contribution in [-0.2, 0) is 11.3 Å². The molecule has 0 unspecified atom stereocenters. The zero-order valence-electron chi connectivity index (χ0n) is 15.1. The lowest BCUT2D eigenvalue weighted by molar-refractivity contribution is -1.02. The third-order valence-corrected chi connectivity index (χ3v) is 4.64. The monoisotopic (exact) mass is 338 g/mol. The van der Waals surface area contributed by atoms with Crippen molar-refractivity contribution in [2.75, 3.05) is 59.2 Å². The molecule has 3 N–H and O–H groups in total. The van der Waals surface area contributed by atoms with Gasteiger partial charge in [0.2, 0.25) is 0 Å². The molecule has 0 aliphatic carbocycles. The molecular weight excluding hydrogens is 304 g/mol. The van der Waals surface area contributed by atoms with E-state index in [2.05, 4.69) is 31.2 Å². The Kier molecular flexibility index (Phi) is 9.13. The highest BCUT2D eigenvalue weighted by Crippen LogP contribution is 2.12. The van der Waals surface area contributed by atoms with Crippen molar-refractivity contribution in [3.05, 3.63) is 29.8 Å². The molecule has 5 heteroatoms. The van der Waals surface area contributed by atoms with Crippen molar-refractivity contribution in [3.63, 3.8) is 0 Å². The molecule has 0 radical (unpaired) electrons. The number of benzene rings is 1. The summed E-state index contributed by atoms with van der Waals surface area (Å²) in [6.45, 7) is 11.3. The zero-order valence-corrected chi connectivity index (χ0v) is 15.1. The van der Waals surface area contributed by atoms with E-state index in [1.165, 1.54) is 38.2 Å². The number of piperazine rings is 1. The Morgan fingerprint density at radius 1 is 0.958 bits per heavy atom. The molecule has 2 rings (SSSR count). The van der Waals surface area contributed by atoms with Crippen LogP contribution in [0.5, 0.6) is 5.75 Å². The molecular formula is C19H34N2O3+2. The van der Waals surface area contributed by atoms with E-state index in [-0.39, 0.29) is 6.61 Å². The van der Waals surface area contributed by atoms with Crippen LogP contribution < -0.4 is 14.5 Å². The Morgan fingerprint density at radius 3 is 2.33 bits per heavy atom. The van der Waals surface area contributed by atoms with Crippen LogP contribution in [0.1, 0.15) is 25.3 Å². The molecule has 136 valence electrons. The van der Waals surface area contributed by atoms with E-state index in [1.54, 1.807) is 9.80 Å². The summed E-state index contributed by atoms with van der Waals surface area (Å²) in [5.41, 5.74) is 1.39. The summed E-state index contributed by atoms with van der Waals surface area (Å²) < 4.78 is 11.1. The van der Waals surface area contributed by atoms with Gasteiger partial charge in [0.25, 0.3) is 0 Å². The molecule has 0 amide bonds. The molecule has 1 aromatic rings. The second-order valence-corrected chi connectivity index (χ2v) is 6.61. The van der Waals surface area contributed by atoms with Gasteiger partial charge in [-0.15, -0.1) is 0 Å². The van der Waals surface area contributed by atoms with E-state index < -0.39 is 0 Å². The van der Waals surface area contributed by atoms with Crippen LogP contribution in [0.2, 0.25) is 0 Å². The fraction of sp³-hybridized carbons (Fsp3) is 0.684. The van der Waals surface area contributed by atoms with Crippen molar-refractivity contribution in [2.24, 2.45) is 0 Å². The molecule has 5 nitrogen and oxygen atoms in total. The number of aliphatic hydroxyl groups excluding tert-OH is 1. The van der Waals surface area contributed by atoms with Gasteiger partial charge >= 0.3 is 0 Å². The van der Waals surface area contributed by atoms with Crippen molar-refractivity contribution in [1.82, 2.24) is 0 Å². The van der Waals surface area contributed by atoms with Crippen molar-refractivity contribution in [2.45, 2.75) is 26.3 Å². The minimum atomic E-state index is 0.121. The average molecular weight is 338 g/mol. The maximum atomic E-state index is 8.71. The van der Waals surface area contributed by atoms with Gasteiger partial charge in [0.15, 0.2) is 0 Å². The standard InChI is InChI=1S/C19H32N2O3/c1-2-3-14-24-19-6-4-18(5-7-19)17-21-10-8-20(9-11-21)12-15-23-16-13-22/h4-7,22H,2-3,8-17H2,1H3/p+2. The normalized spacial score (nSPS) is 20.9. The first-order chi connectivity index (χ1) is 11.8. The minimum absolute atomic E-state index is 0.121. The topological polar surface area (TPSA) is 47.6 Å². The summed E-state index contributed by atoms with van der Waals surface area (Å²) >= 11 is 0. The first-order valence-corrected chi connectivity index (χ1v) is 9.39. The highest BCUT2D eigenvalue weighted by Gasteiger charge is 2.22. The Balaban J connectivity index is 1.64. The molecule has 0 saturated carbocycles. The predicted octanol–water partition coefficient (Wildman–Crippen LogP) is -0.842. The first kappa shape index (κ1) is 19.2. The maximum Gasteiger partial charge on any atom is 0.127 e. The largest absolute Gasteiger partial charge is 0.494 e. The quantitative estimate of drug-likeness (QED) is 0.461. The van der Waals surface area contributed by atoms with Gasteiger partial charge in [-0.25, -0.2) is 0 Å². The number of hydrogen-bond acceptors (Lipinski definition) is 3. The van der Waals surface area contributed by atoms with E-state index in [0.29, 0.717) is 6.61 Å². The predicted molar refractivity (Wildman–Crippen MR) is 94.7 cm³/mol. The van der Waals surface area contributed by atoms with Gasteiger partial charge in [0, 0.05) is 5.56 Å². The molecule has 0 atom stereocenters. The van der Waals surface area contributed by atoms with Crippen molar-refractivity contribution in [1.29, 1.82) is 0 Å². The lowest BCUT2D eigenvalue weighted by atomic mass is 10.2. The fourth-order valence-electron chi connectivity index (χ4n) is 3.09. The van der Waals surface area contributed by atoms with Crippen LogP contribution in [0.25, 0.3) is 0 Å². The molecule has 1 aliphatic rings. The third-order valence-electron chi connectivity index (χ3n) is 4.64. The summed E-state index contributed by atoms with van der Waals surface area (Å²) in [5, 5.41) is 8.71. The number of aliphatic hydroxyl groups is 1. The third kappa shape index (κ3) is 7.18. The van der Waals surface area contributed by atoms with Crippen LogP contribution >= 0.6 is 0 Å². The number of quaternary nitrogens is 2. The van der Waals surface area contributed by atoms with E-state index >= 15 is 0 Å². The SMILES string of the molecule is CCCCOc1ccc(C[NH+]2CC[NH+](CCOCCO)CC2)cc1. The fourth-order valence-corrected chi connectivity index (χ4v) is 3.09. The molecule has 1 heterocycles. The molecule has 24 heavy (non-hydrogen) atoms. The molecule has 1 aromatic carbocycles. The molecule has 0 spiro atoms. The molecule has 0 aromatic heterocycles. The summed E-state index contributed by atoms with van der Waals surface area (Å²) in [4.78, 5) is 3.28. The lowest BCUT2D eigenvalue weighted by Gasteiger charge is -2.29. The Labute approximate surface area is 146 Å². The van der Waals surface area contributed by atoms with Crippen molar-refractivity contribution >= 4 is 0 Å². The maximum absolute atomic E-state index is 8.71. The van der Waals surface area contributed by atoms with Gasteiger partial charge in [-0.3, -0.25) is 0 Å². The Hall–Kier alpha value is -1.14. The van der Waals surface area contributed by atoms with Gasteiger partial charge in [0.1, 0.15) is 45.0 Å². The molecule has 0 bridgehead atoms. The summed E-state index contributed by atoms with van der Waals surface area (Å²) in [5.74, 6) is 0.986. The molecule has 1 saturated heterocycles. The Morgan fingerprint density at radius 2 is 1.67 bits per heavy atom. The van der Waals surface area contributed by atoms with Crippen LogP contribution in [0, 0.1) is 0 Å². The van der Waals surface area contributed by atoms with Crippen LogP contribution in [-0.4, -0.2) is 64.3 Å². The minimum Gasteiger partial charge on any atom is -0.494 e. The second-order valence-electron chi connectivity index (χ2n) is 6.61. The first-order valence-electron chi connectivity index (χ1n) is 9.39. The smallest absolute Gasteiger partial charge is 0.127 e. The van der Waals surface area contributed by atoms with Crippen LogP contribution in [0.15, 0.2) is 24.3 Å². The summed E-state index contributed by atoms with van der Waals surface area (Å²) in [6.07, 6.45) is 2.28. The average Bonchev–Trinajstić information content (AvgIpc) is 2.62. The number of rotatable bonds is 11. The van der Waals surface area contributed by atoms with Gasteiger partial charge < -0.3 is 24.4 Å². The summed E-state index contributed by atoms with van der Waals surface area (Å²) in [6, 6.07) is 8.61. The highest BCUT2D eigenvalue weighted by molar-refractivity contribution is 5.26. The van der Waals surface area contributed by atoms with E-state index in [0.717, 1.165) is 38.5 Å². The van der Waals surface area contributed by atoms with Gasteiger partial charge in [-0.1, -0.05) is 13.3 Å². The van der Waals surface area contributed by atoms with Crippen molar-refractivity contribution in [3.8, 4) is 5.75 Å². The van der Waals surface area contributed by atoms with E-state index in [4.69, 9.17) is 14.6 Å². The number of nitrogens with one attached hydrogen (secondary N) is 2. The lowest BCUT2D eigenvalue weighted by Crippen LogP contribution is -3.27. The van der Waals surface area contributed by atoms with Crippen molar-refractivity contribution < 1.29 is 24.4 Å². The van der Waals surface area contributed by atoms with E-state index in [1.807, 2.05) is 0 Å².